The Morgan fingerprint density at radius 1 is 1.22 bits per heavy atom. The van der Waals surface area contributed by atoms with Crippen molar-refractivity contribution in [3.8, 4) is 17.9 Å². The Balaban J connectivity index is 1.85. The van der Waals surface area contributed by atoms with Gasteiger partial charge in [0.25, 0.3) is 0 Å². The van der Waals surface area contributed by atoms with Crippen LogP contribution < -0.4 is 16.0 Å². The van der Waals surface area contributed by atoms with Crippen LogP contribution in [0.2, 0.25) is 0 Å². The van der Waals surface area contributed by atoms with Crippen molar-refractivity contribution in [2.24, 2.45) is 0 Å². The number of rotatable bonds is 10. The van der Waals surface area contributed by atoms with Gasteiger partial charge in [0.2, 0.25) is 11.9 Å². The highest BCUT2D eigenvalue weighted by Crippen LogP contribution is 2.21. The number of anilines is 3. The molecule has 0 aromatic carbocycles. The van der Waals surface area contributed by atoms with Crippen LogP contribution in [-0.4, -0.2) is 64.1 Å². The molecule has 0 aliphatic heterocycles. The van der Waals surface area contributed by atoms with Gasteiger partial charge in [0, 0.05) is 26.6 Å². The smallest absolute Gasteiger partial charge is 0.410 e. The molecule has 2 amide bonds. The summed E-state index contributed by atoms with van der Waals surface area (Å²) in [6, 6.07) is 2.05. The summed E-state index contributed by atoms with van der Waals surface area (Å²) < 4.78 is 5.23. The van der Waals surface area contributed by atoms with Gasteiger partial charge >= 0.3 is 6.09 Å². The van der Waals surface area contributed by atoms with E-state index < -0.39 is 11.7 Å². The van der Waals surface area contributed by atoms with E-state index in [-0.39, 0.29) is 12.5 Å². The predicted octanol–water partition coefficient (Wildman–Crippen LogP) is 3.49. The summed E-state index contributed by atoms with van der Waals surface area (Å²) in [5.74, 6) is 6.87. The molecule has 3 N–H and O–H groups in total. The van der Waals surface area contributed by atoms with Crippen LogP contribution in [0, 0.1) is 23.2 Å². The summed E-state index contributed by atoms with van der Waals surface area (Å²) >= 11 is 1.22. The van der Waals surface area contributed by atoms with Crippen LogP contribution in [0.3, 0.4) is 0 Å². The quantitative estimate of drug-likeness (QED) is 0.322. The van der Waals surface area contributed by atoms with Gasteiger partial charge < -0.3 is 20.3 Å². The molecule has 2 aromatic rings. The van der Waals surface area contributed by atoms with E-state index in [2.05, 4.69) is 49.7 Å². The third kappa shape index (κ3) is 10.2. The normalized spacial score (nSPS) is 10.4. The Morgan fingerprint density at radius 3 is 2.67 bits per heavy atom. The third-order valence-electron chi connectivity index (χ3n) is 4.28. The molecular formula is C24H32N8O3S. The van der Waals surface area contributed by atoms with Gasteiger partial charge in [-0.25, -0.2) is 14.8 Å². The lowest BCUT2D eigenvalue weighted by Gasteiger charge is -2.24. The molecule has 0 aliphatic carbocycles. The molecule has 0 unspecified atom stereocenters. The van der Waals surface area contributed by atoms with Crippen molar-refractivity contribution in [1.29, 1.82) is 5.26 Å². The number of nitrogens with zero attached hydrogens (tertiary/aromatic N) is 5. The number of unbranched alkanes of at least 4 members (excludes halogenated alkanes) is 1. The predicted molar refractivity (Wildman–Crippen MR) is 139 cm³/mol. The average molecular weight is 513 g/mol. The Bertz CT molecular complexity index is 1140. The minimum Gasteiger partial charge on any atom is -0.444 e. The number of amides is 2. The second-order valence-corrected chi connectivity index (χ2v) is 9.77. The highest BCUT2D eigenvalue weighted by molar-refractivity contribution is 7.16. The zero-order valence-electron chi connectivity index (χ0n) is 21.3. The number of carbonyl (C=O) groups is 2. The molecule has 0 bridgehead atoms. The minimum atomic E-state index is -0.613. The van der Waals surface area contributed by atoms with Gasteiger partial charge in [0.05, 0.1) is 18.0 Å². The van der Waals surface area contributed by atoms with Crippen molar-refractivity contribution >= 4 is 40.2 Å². The number of hydrogen-bond donors (Lipinski definition) is 3. The monoisotopic (exact) mass is 512 g/mol. The van der Waals surface area contributed by atoms with Gasteiger partial charge in [0.1, 0.15) is 28.9 Å². The lowest BCUT2D eigenvalue weighted by molar-refractivity contribution is -0.122. The van der Waals surface area contributed by atoms with Crippen molar-refractivity contribution in [3.63, 3.8) is 0 Å². The van der Waals surface area contributed by atoms with Crippen molar-refractivity contribution in [2.75, 3.05) is 37.3 Å². The maximum absolute atomic E-state index is 12.1. The summed E-state index contributed by atoms with van der Waals surface area (Å²) in [6.45, 7) is 8.46. The largest absolute Gasteiger partial charge is 0.444 e. The van der Waals surface area contributed by atoms with Crippen LogP contribution in [0.1, 0.15) is 57.4 Å². The first kappa shape index (κ1) is 28.3. The number of thiazole rings is 1. The first-order valence-corrected chi connectivity index (χ1v) is 12.4. The highest BCUT2D eigenvalue weighted by atomic mass is 32.1. The standard InChI is InChI=1S/C24H32N8O3S/c1-6-11-27-20-17(14-28-21(30-20)31-22-29-15-18(13-25)36-22)10-8-7-9-12-26-19(33)16-32(5)23(34)35-24(2,3)4/h14-15H,6-7,9,11-12,16H2,1-5H3,(H,26,33)(H2,27,28,29,30,31). The van der Waals surface area contributed by atoms with Gasteiger partial charge in [-0.2, -0.15) is 10.2 Å². The molecule has 0 fully saturated rings. The number of aromatic nitrogens is 3. The second kappa shape index (κ2) is 13.9. The average Bonchev–Trinajstić information content (AvgIpc) is 3.27. The van der Waals surface area contributed by atoms with Crippen molar-refractivity contribution < 1.29 is 14.3 Å². The maximum Gasteiger partial charge on any atom is 0.410 e. The number of nitriles is 1. The number of ether oxygens (including phenoxy) is 1. The van der Waals surface area contributed by atoms with E-state index in [4.69, 9.17) is 10.00 Å². The summed E-state index contributed by atoms with van der Waals surface area (Å²) in [7, 11) is 1.52. The fourth-order valence-corrected chi connectivity index (χ4v) is 3.24. The number of nitrogens with one attached hydrogen (secondary N) is 3. The van der Waals surface area contributed by atoms with Crippen LogP contribution in [-0.2, 0) is 9.53 Å². The van der Waals surface area contributed by atoms with Gasteiger partial charge in [-0.15, -0.1) is 0 Å². The molecule has 0 saturated carbocycles. The molecule has 0 saturated heterocycles. The Labute approximate surface area is 215 Å². The molecule has 12 heteroatoms. The molecule has 36 heavy (non-hydrogen) atoms. The minimum absolute atomic E-state index is 0.0798. The second-order valence-electron chi connectivity index (χ2n) is 8.74. The van der Waals surface area contributed by atoms with Crippen molar-refractivity contribution in [3.05, 3.63) is 22.8 Å². The van der Waals surface area contributed by atoms with E-state index in [9.17, 15) is 9.59 Å². The maximum atomic E-state index is 12.1. The lowest BCUT2D eigenvalue weighted by atomic mass is 10.2. The SMILES string of the molecule is CCCNc1nc(Nc2ncc(C#N)s2)ncc1C#CCCCNC(=O)CN(C)C(=O)OC(C)(C)C. The first-order valence-electron chi connectivity index (χ1n) is 11.5. The summed E-state index contributed by atoms with van der Waals surface area (Å²) in [5, 5.41) is 18.5. The molecule has 192 valence electrons. The molecule has 0 aliphatic rings. The van der Waals surface area contributed by atoms with E-state index in [1.165, 1.54) is 29.5 Å². The van der Waals surface area contributed by atoms with Crippen LogP contribution >= 0.6 is 11.3 Å². The fraction of sp³-hybridized carbons (Fsp3) is 0.500. The van der Waals surface area contributed by atoms with Crippen molar-refractivity contribution in [1.82, 2.24) is 25.2 Å². The Morgan fingerprint density at radius 2 is 2.00 bits per heavy atom. The number of carbonyl (C=O) groups excluding carboxylic acids is 2. The van der Waals surface area contributed by atoms with E-state index in [0.717, 1.165) is 13.0 Å². The molecule has 2 heterocycles. The number of likely N-dealkylation sites (N-methyl/N-ethyl adjacent to an activating group) is 1. The van der Waals surface area contributed by atoms with Crippen LogP contribution in [0.25, 0.3) is 0 Å². The van der Waals surface area contributed by atoms with Crippen LogP contribution in [0.4, 0.5) is 21.7 Å². The molecule has 2 aromatic heterocycles. The number of hydrogen-bond acceptors (Lipinski definition) is 10. The van der Waals surface area contributed by atoms with Gasteiger partial charge in [-0.05, 0) is 33.6 Å². The van der Waals surface area contributed by atoms with Crippen LogP contribution in [0.5, 0.6) is 0 Å². The van der Waals surface area contributed by atoms with E-state index in [0.29, 0.717) is 46.7 Å². The zero-order valence-corrected chi connectivity index (χ0v) is 22.1. The Hall–Kier alpha value is -3.90. The molecule has 11 nitrogen and oxygen atoms in total. The molecule has 0 spiro atoms. The molecule has 0 atom stereocenters. The summed E-state index contributed by atoms with van der Waals surface area (Å²) in [5.41, 5.74) is 0.0476. The van der Waals surface area contributed by atoms with Gasteiger partial charge in [0.15, 0.2) is 5.13 Å². The van der Waals surface area contributed by atoms with E-state index in [1.54, 1.807) is 27.0 Å². The van der Waals surface area contributed by atoms with E-state index in [1.807, 2.05) is 6.07 Å². The third-order valence-corrected chi connectivity index (χ3v) is 5.09. The van der Waals surface area contributed by atoms with Gasteiger partial charge in [-0.3, -0.25) is 10.1 Å². The topological polar surface area (TPSA) is 145 Å². The van der Waals surface area contributed by atoms with E-state index >= 15 is 0 Å². The summed E-state index contributed by atoms with van der Waals surface area (Å²) in [6.07, 6.45) is 4.71. The fourth-order valence-electron chi connectivity index (χ4n) is 2.63. The summed E-state index contributed by atoms with van der Waals surface area (Å²) in [4.78, 5) is 38.6. The lowest BCUT2D eigenvalue weighted by Crippen LogP contribution is -2.41. The van der Waals surface area contributed by atoms with Gasteiger partial charge in [-0.1, -0.05) is 30.1 Å². The zero-order chi connectivity index (χ0) is 26.6. The molecular weight excluding hydrogens is 480 g/mol. The molecule has 2 rings (SSSR count). The highest BCUT2D eigenvalue weighted by Gasteiger charge is 2.20. The van der Waals surface area contributed by atoms with Crippen molar-refractivity contribution in [2.45, 2.75) is 52.6 Å². The Kier molecular flexibility index (Phi) is 10.9. The molecule has 0 radical (unpaired) electrons. The first-order chi connectivity index (χ1) is 17.1. The van der Waals surface area contributed by atoms with Crippen LogP contribution in [0.15, 0.2) is 12.4 Å².